The van der Waals surface area contributed by atoms with Crippen LogP contribution in [-0.4, -0.2) is 16.4 Å². The highest BCUT2D eigenvalue weighted by Gasteiger charge is 1.86. The predicted molar refractivity (Wildman–Crippen MR) is 90.0 cm³/mol. The molecule has 0 atom stereocenters. The summed E-state index contributed by atoms with van der Waals surface area (Å²) in [4.78, 5) is 8.56. The van der Waals surface area contributed by atoms with Gasteiger partial charge in [0.1, 0.15) is 0 Å². The van der Waals surface area contributed by atoms with Gasteiger partial charge < -0.3 is 10.2 Å². The number of hydrogen-bond acceptors (Lipinski definition) is 1. The summed E-state index contributed by atoms with van der Waals surface area (Å²) in [5.41, 5.74) is 1.32. The highest BCUT2D eigenvalue weighted by Crippen LogP contribution is 2.06. The van der Waals surface area contributed by atoms with Gasteiger partial charge in [0.25, 0.3) is 0 Å². The molecule has 21 heavy (non-hydrogen) atoms. The zero-order valence-electron chi connectivity index (χ0n) is 13.4. The van der Waals surface area contributed by atoms with Crippen molar-refractivity contribution in [3.63, 3.8) is 0 Å². The number of allylic oxidation sites excluding steroid dienone is 1. The summed E-state index contributed by atoms with van der Waals surface area (Å²) in [5.74, 6) is 0. The smallest absolute Gasteiger partial charge is 0.450 e. The molecule has 0 aliphatic heterocycles. The molecule has 0 aliphatic rings. The Balaban J connectivity index is 0. The van der Waals surface area contributed by atoms with Crippen LogP contribution in [0.2, 0.25) is 0 Å². The lowest BCUT2D eigenvalue weighted by Crippen LogP contribution is -1.81. The summed E-state index contributed by atoms with van der Waals surface area (Å²) < 4.78 is 0. The molecule has 0 aliphatic carbocycles. The van der Waals surface area contributed by atoms with Gasteiger partial charge in [0.05, 0.1) is 0 Å². The van der Waals surface area contributed by atoms with Crippen molar-refractivity contribution in [3.8, 4) is 0 Å². The highest BCUT2D eigenvalue weighted by atomic mass is 16.6. The maximum atomic E-state index is 8.56. The van der Waals surface area contributed by atoms with E-state index in [9.17, 15) is 0 Å². The number of carbonyl (C=O) groups is 1. The molecular formula is C18H30O3. The molecular weight excluding hydrogens is 264 g/mol. The van der Waals surface area contributed by atoms with Crippen molar-refractivity contribution < 1.29 is 15.0 Å². The van der Waals surface area contributed by atoms with Crippen LogP contribution in [0.3, 0.4) is 0 Å². The van der Waals surface area contributed by atoms with Crippen LogP contribution in [0.1, 0.15) is 57.4 Å². The lowest BCUT2D eigenvalue weighted by atomic mass is 10.1. The Labute approximate surface area is 129 Å². The van der Waals surface area contributed by atoms with Crippen LogP contribution in [0.5, 0.6) is 0 Å². The molecule has 0 amide bonds. The topological polar surface area (TPSA) is 57.5 Å². The van der Waals surface area contributed by atoms with Crippen molar-refractivity contribution in [3.05, 3.63) is 48.6 Å². The maximum absolute atomic E-state index is 8.56. The third kappa shape index (κ3) is 27.4. The fraction of sp³-hybridized carbons (Fsp3) is 0.500. The van der Waals surface area contributed by atoms with E-state index in [1.54, 1.807) is 0 Å². The van der Waals surface area contributed by atoms with E-state index in [1.165, 1.54) is 50.5 Å². The molecule has 0 spiro atoms. The van der Waals surface area contributed by atoms with Gasteiger partial charge in [0, 0.05) is 0 Å². The van der Waals surface area contributed by atoms with Gasteiger partial charge >= 0.3 is 6.16 Å². The van der Waals surface area contributed by atoms with E-state index in [1.807, 2.05) is 24.3 Å². The first kappa shape index (κ1) is 21.5. The molecule has 3 heteroatoms. The Morgan fingerprint density at radius 3 is 1.90 bits per heavy atom. The molecule has 0 heterocycles. The summed E-state index contributed by atoms with van der Waals surface area (Å²) in [5, 5.41) is 13.9. The summed E-state index contributed by atoms with van der Waals surface area (Å²) in [6.45, 7) is 8.03. The second-order valence-corrected chi connectivity index (χ2v) is 4.78. The van der Waals surface area contributed by atoms with E-state index < -0.39 is 6.16 Å². The molecule has 0 bridgehead atoms. The van der Waals surface area contributed by atoms with Gasteiger partial charge in [-0.05, 0) is 19.8 Å². The molecule has 1 rings (SSSR count). The minimum absolute atomic E-state index is 1.20. The summed E-state index contributed by atoms with van der Waals surface area (Å²) >= 11 is 0. The number of aryl methyl sites for hydroxylation is 1. The van der Waals surface area contributed by atoms with Crippen LogP contribution in [-0.2, 0) is 0 Å². The Bertz CT molecular complexity index is 330. The van der Waals surface area contributed by atoms with E-state index in [0.29, 0.717) is 0 Å². The molecule has 120 valence electrons. The summed E-state index contributed by atoms with van der Waals surface area (Å²) in [6.07, 6.45) is 9.72. The van der Waals surface area contributed by atoms with Crippen LogP contribution >= 0.6 is 0 Å². The van der Waals surface area contributed by atoms with Crippen LogP contribution in [0.25, 0.3) is 0 Å². The quantitative estimate of drug-likeness (QED) is 0.469. The van der Waals surface area contributed by atoms with E-state index in [2.05, 4.69) is 32.6 Å². The number of unbranched alkanes of at least 4 members (excludes halogenated alkanes) is 6. The fourth-order valence-electron chi connectivity index (χ4n) is 1.60. The van der Waals surface area contributed by atoms with Crippen LogP contribution in [0.15, 0.2) is 43.0 Å². The molecule has 2 N–H and O–H groups in total. The lowest BCUT2D eigenvalue weighted by Gasteiger charge is -1.96. The van der Waals surface area contributed by atoms with Gasteiger partial charge in [-0.25, -0.2) is 4.79 Å². The molecule has 0 fully saturated rings. The number of benzene rings is 1. The van der Waals surface area contributed by atoms with Gasteiger partial charge in [0.2, 0.25) is 0 Å². The fourth-order valence-corrected chi connectivity index (χ4v) is 1.60. The molecule has 1 aromatic rings. The van der Waals surface area contributed by atoms with Crippen molar-refractivity contribution >= 4 is 6.16 Å². The molecule has 0 saturated heterocycles. The third-order valence-corrected chi connectivity index (χ3v) is 2.70. The molecule has 0 radical (unpaired) electrons. The van der Waals surface area contributed by atoms with E-state index in [-0.39, 0.29) is 0 Å². The van der Waals surface area contributed by atoms with Crippen LogP contribution in [0, 0.1) is 6.92 Å². The molecule has 3 nitrogen and oxygen atoms in total. The van der Waals surface area contributed by atoms with E-state index in [4.69, 9.17) is 15.0 Å². The minimum Gasteiger partial charge on any atom is -0.450 e. The number of hydrogen-bond donors (Lipinski definition) is 2. The highest BCUT2D eigenvalue weighted by molar-refractivity contribution is 5.53. The van der Waals surface area contributed by atoms with Crippen LogP contribution in [0.4, 0.5) is 4.79 Å². The second-order valence-electron chi connectivity index (χ2n) is 4.78. The van der Waals surface area contributed by atoms with Crippen molar-refractivity contribution in [2.45, 2.75) is 58.8 Å². The second kappa shape index (κ2) is 18.2. The SMILES string of the molecule is C=CCCCCCCCC.Cc1ccccc1.O=C(O)O. The van der Waals surface area contributed by atoms with Crippen molar-refractivity contribution in [2.24, 2.45) is 0 Å². The van der Waals surface area contributed by atoms with Gasteiger partial charge in [-0.3, -0.25) is 0 Å². The van der Waals surface area contributed by atoms with Crippen LogP contribution < -0.4 is 0 Å². The molecule has 0 unspecified atom stereocenters. The minimum atomic E-state index is -1.83. The van der Waals surface area contributed by atoms with Crippen molar-refractivity contribution in [1.82, 2.24) is 0 Å². The first-order valence-corrected chi connectivity index (χ1v) is 7.59. The average Bonchev–Trinajstić information content (AvgIpc) is 2.44. The van der Waals surface area contributed by atoms with Gasteiger partial charge in [-0.2, -0.15) is 0 Å². The van der Waals surface area contributed by atoms with E-state index in [0.717, 1.165) is 0 Å². The summed E-state index contributed by atoms with van der Waals surface area (Å²) in [6, 6.07) is 10.3. The molecule has 1 aromatic carbocycles. The van der Waals surface area contributed by atoms with Crippen molar-refractivity contribution in [1.29, 1.82) is 0 Å². The Hall–Kier alpha value is -1.77. The van der Waals surface area contributed by atoms with Gasteiger partial charge in [0.15, 0.2) is 0 Å². The monoisotopic (exact) mass is 294 g/mol. The zero-order chi connectivity index (χ0) is 16.3. The standard InChI is InChI=1S/C10H20.C7H8.CH2O3/c1-3-5-7-9-10-8-6-4-2;1-7-5-3-2-4-6-7;2-1(3)4/h3H,1,4-10H2,2H3;2-6H,1H3;(H2,2,3,4). The summed E-state index contributed by atoms with van der Waals surface area (Å²) in [7, 11) is 0. The average molecular weight is 294 g/mol. The Morgan fingerprint density at radius 2 is 1.52 bits per heavy atom. The first-order chi connectivity index (χ1) is 10.0. The number of carboxylic acid groups (broad SMARTS) is 2. The zero-order valence-corrected chi connectivity index (χ0v) is 13.4. The number of rotatable bonds is 7. The molecule has 0 aromatic heterocycles. The van der Waals surface area contributed by atoms with Gasteiger partial charge in [-0.1, -0.05) is 81.0 Å². The van der Waals surface area contributed by atoms with E-state index >= 15 is 0 Å². The molecule has 0 saturated carbocycles. The Morgan fingerprint density at radius 1 is 1.05 bits per heavy atom. The first-order valence-electron chi connectivity index (χ1n) is 7.59. The predicted octanol–water partition coefficient (Wildman–Crippen LogP) is 6.14. The lowest BCUT2D eigenvalue weighted by molar-refractivity contribution is 0.137. The third-order valence-electron chi connectivity index (χ3n) is 2.70. The van der Waals surface area contributed by atoms with Gasteiger partial charge in [-0.15, -0.1) is 6.58 Å². The Kier molecular flexibility index (Phi) is 18.7. The maximum Gasteiger partial charge on any atom is 0.503 e. The largest absolute Gasteiger partial charge is 0.503 e. The van der Waals surface area contributed by atoms with Crippen molar-refractivity contribution in [2.75, 3.05) is 0 Å². The normalized spacial score (nSPS) is 8.67.